The SMILES string of the molecule is CCNc1ncc(F)cc1C(=O)N(C)CC1(O)CCCC1. The van der Waals surface area contributed by atoms with E-state index in [-0.39, 0.29) is 18.0 Å². The quantitative estimate of drug-likeness (QED) is 0.872. The summed E-state index contributed by atoms with van der Waals surface area (Å²) in [4.78, 5) is 17.9. The molecule has 1 saturated carbocycles. The van der Waals surface area contributed by atoms with E-state index in [0.29, 0.717) is 25.2 Å². The van der Waals surface area contributed by atoms with Gasteiger partial charge in [0.05, 0.1) is 17.4 Å². The maximum Gasteiger partial charge on any atom is 0.257 e. The third-order valence-corrected chi connectivity index (χ3v) is 3.84. The molecule has 1 heterocycles. The van der Waals surface area contributed by atoms with Gasteiger partial charge in [-0.1, -0.05) is 12.8 Å². The largest absolute Gasteiger partial charge is 0.388 e. The minimum absolute atomic E-state index is 0.195. The van der Waals surface area contributed by atoms with Gasteiger partial charge >= 0.3 is 0 Å². The monoisotopic (exact) mass is 295 g/mol. The Morgan fingerprint density at radius 3 is 2.81 bits per heavy atom. The van der Waals surface area contributed by atoms with Crippen molar-refractivity contribution in [3.05, 3.63) is 23.6 Å². The van der Waals surface area contributed by atoms with Crippen molar-refractivity contribution >= 4 is 11.7 Å². The number of hydrogen-bond donors (Lipinski definition) is 2. The van der Waals surface area contributed by atoms with Crippen molar-refractivity contribution in [1.29, 1.82) is 0 Å². The van der Waals surface area contributed by atoms with E-state index in [0.717, 1.165) is 19.0 Å². The number of amides is 1. The van der Waals surface area contributed by atoms with E-state index in [4.69, 9.17) is 0 Å². The molecular formula is C15H22FN3O2. The van der Waals surface area contributed by atoms with Gasteiger partial charge in [0.15, 0.2) is 0 Å². The van der Waals surface area contributed by atoms with Crippen LogP contribution in [0.2, 0.25) is 0 Å². The van der Waals surface area contributed by atoms with E-state index in [1.165, 1.54) is 11.0 Å². The molecule has 1 aromatic rings. The molecule has 1 aliphatic rings. The standard InChI is InChI=1S/C15H22FN3O2/c1-3-17-13-12(8-11(16)9-18-13)14(20)19(2)10-15(21)6-4-5-7-15/h8-9,21H,3-7,10H2,1-2H3,(H,17,18). The van der Waals surface area contributed by atoms with Gasteiger partial charge in [-0.05, 0) is 25.8 Å². The molecular weight excluding hydrogens is 273 g/mol. The summed E-state index contributed by atoms with van der Waals surface area (Å²) in [6.45, 7) is 2.73. The number of halogens is 1. The zero-order chi connectivity index (χ0) is 15.5. The van der Waals surface area contributed by atoms with Crippen molar-refractivity contribution in [2.24, 2.45) is 0 Å². The normalized spacial score (nSPS) is 16.8. The molecule has 0 aliphatic heterocycles. The van der Waals surface area contributed by atoms with Crippen LogP contribution in [0.5, 0.6) is 0 Å². The fourth-order valence-corrected chi connectivity index (χ4v) is 2.82. The van der Waals surface area contributed by atoms with Gasteiger partial charge < -0.3 is 15.3 Å². The van der Waals surface area contributed by atoms with Crippen molar-refractivity contribution < 1.29 is 14.3 Å². The maximum atomic E-state index is 13.4. The topological polar surface area (TPSA) is 65.5 Å². The molecule has 1 aliphatic carbocycles. The first kappa shape index (κ1) is 15.7. The van der Waals surface area contributed by atoms with Crippen molar-refractivity contribution in [2.75, 3.05) is 25.5 Å². The van der Waals surface area contributed by atoms with Gasteiger partial charge in [0.2, 0.25) is 0 Å². The Labute approximate surface area is 124 Å². The van der Waals surface area contributed by atoms with Crippen molar-refractivity contribution in [3.8, 4) is 0 Å². The number of pyridine rings is 1. The summed E-state index contributed by atoms with van der Waals surface area (Å²) in [7, 11) is 1.62. The molecule has 21 heavy (non-hydrogen) atoms. The average molecular weight is 295 g/mol. The van der Waals surface area contributed by atoms with E-state index in [1.54, 1.807) is 7.05 Å². The number of likely N-dealkylation sites (N-methyl/N-ethyl adjacent to an activating group) is 1. The summed E-state index contributed by atoms with van der Waals surface area (Å²) in [6, 6.07) is 1.18. The fraction of sp³-hybridized carbons (Fsp3) is 0.600. The number of hydrogen-bond acceptors (Lipinski definition) is 4. The molecule has 6 heteroatoms. The predicted octanol–water partition coefficient (Wildman–Crippen LogP) is 2.03. The Hall–Kier alpha value is -1.69. The summed E-state index contributed by atoms with van der Waals surface area (Å²) in [6.07, 6.45) is 4.43. The second kappa shape index (κ2) is 6.39. The molecule has 1 amide bonds. The third-order valence-electron chi connectivity index (χ3n) is 3.84. The number of nitrogens with one attached hydrogen (secondary N) is 1. The number of carbonyl (C=O) groups excluding carboxylic acids is 1. The molecule has 0 saturated heterocycles. The Morgan fingerprint density at radius 1 is 1.52 bits per heavy atom. The van der Waals surface area contributed by atoms with Gasteiger partial charge in [0.25, 0.3) is 5.91 Å². The molecule has 0 unspecified atom stereocenters. The Kier molecular flexibility index (Phi) is 4.77. The van der Waals surface area contributed by atoms with Gasteiger partial charge in [-0.2, -0.15) is 0 Å². The fourth-order valence-electron chi connectivity index (χ4n) is 2.82. The smallest absolute Gasteiger partial charge is 0.257 e. The van der Waals surface area contributed by atoms with E-state index in [1.807, 2.05) is 6.92 Å². The van der Waals surface area contributed by atoms with Gasteiger partial charge in [-0.15, -0.1) is 0 Å². The molecule has 0 radical (unpaired) electrons. The van der Waals surface area contributed by atoms with Crippen molar-refractivity contribution in [1.82, 2.24) is 9.88 Å². The summed E-state index contributed by atoms with van der Waals surface area (Å²) < 4.78 is 13.4. The first-order valence-electron chi connectivity index (χ1n) is 7.32. The second-order valence-electron chi connectivity index (χ2n) is 5.67. The van der Waals surface area contributed by atoms with Gasteiger partial charge in [-0.3, -0.25) is 4.79 Å². The van der Waals surface area contributed by atoms with Crippen LogP contribution < -0.4 is 5.32 Å². The lowest BCUT2D eigenvalue weighted by atomic mass is 10.0. The van der Waals surface area contributed by atoms with Crippen LogP contribution in [0.15, 0.2) is 12.3 Å². The number of aliphatic hydroxyl groups is 1. The van der Waals surface area contributed by atoms with Crippen LogP contribution in [0, 0.1) is 5.82 Å². The van der Waals surface area contributed by atoms with Crippen LogP contribution in [0.3, 0.4) is 0 Å². The number of anilines is 1. The molecule has 0 aromatic carbocycles. The minimum Gasteiger partial charge on any atom is -0.388 e. The lowest BCUT2D eigenvalue weighted by Gasteiger charge is -2.29. The molecule has 0 bridgehead atoms. The van der Waals surface area contributed by atoms with Gasteiger partial charge in [-0.25, -0.2) is 9.37 Å². The number of rotatable bonds is 5. The molecule has 5 nitrogen and oxygen atoms in total. The average Bonchev–Trinajstić information content (AvgIpc) is 2.86. The zero-order valence-electron chi connectivity index (χ0n) is 12.5. The van der Waals surface area contributed by atoms with Crippen LogP contribution >= 0.6 is 0 Å². The highest BCUT2D eigenvalue weighted by Crippen LogP contribution is 2.30. The molecule has 2 N–H and O–H groups in total. The predicted molar refractivity (Wildman–Crippen MR) is 78.7 cm³/mol. The van der Waals surface area contributed by atoms with E-state index in [9.17, 15) is 14.3 Å². The Bertz CT molecular complexity index is 516. The summed E-state index contributed by atoms with van der Waals surface area (Å²) in [5.74, 6) is -0.514. The van der Waals surface area contributed by atoms with Crippen LogP contribution in [0.1, 0.15) is 43.0 Å². The van der Waals surface area contributed by atoms with Crippen molar-refractivity contribution in [2.45, 2.75) is 38.2 Å². The highest BCUT2D eigenvalue weighted by molar-refractivity contribution is 5.98. The molecule has 1 aromatic heterocycles. The van der Waals surface area contributed by atoms with Crippen LogP contribution in [-0.2, 0) is 0 Å². The number of nitrogens with zero attached hydrogens (tertiary/aromatic N) is 2. The number of aromatic nitrogens is 1. The second-order valence-corrected chi connectivity index (χ2v) is 5.67. The summed E-state index contributed by atoms with van der Waals surface area (Å²) in [5, 5.41) is 13.3. The van der Waals surface area contributed by atoms with E-state index in [2.05, 4.69) is 10.3 Å². The summed E-state index contributed by atoms with van der Waals surface area (Å²) >= 11 is 0. The number of carbonyl (C=O) groups is 1. The first-order valence-corrected chi connectivity index (χ1v) is 7.32. The molecule has 0 spiro atoms. The van der Waals surface area contributed by atoms with Crippen LogP contribution in [0.25, 0.3) is 0 Å². The zero-order valence-corrected chi connectivity index (χ0v) is 12.5. The maximum absolute atomic E-state index is 13.4. The van der Waals surface area contributed by atoms with Crippen LogP contribution in [-0.4, -0.2) is 46.6 Å². The van der Waals surface area contributed by atoms with Crippen molar-refractivity contribution in [3.63, 3.8) is 0 Å². The van der Waals surface area contributed by atoms with E-state index >= 15 is 0 Å². The lowest BCUT2D eigenvalue weighted by molar-refractivity contribution is 0.0157. The molecule has 116 valence electrons. The van der Waals surface area contributed by atoms with Gasteiger partial charge in [0.1, 0.15) is 11.6 Å². The molecule has 2 rings (SSSR count). The first-order chi connectivity index (χ1) is 9.95. The summed E-state index contributed by atoms with van der Waals surface area (Å²) in [5.41, 5.74) is -0.621. The highest BCUT2D eigenvalue weighted by Gasteiger charge is 2.34. The van der Waals surface area contributed by atoms with Gasteiger partial charge in [0, 0.05) is 20.1 Å². The minimum atomic E-state index is -0.816. The Balaban J connectivity index is 2.16. The molecule has 1 fully saturated rings. The van der Waals surface area contributed by atoms with Crippen LogP contribution in [0.4, 0.5) is 10.2 Å². The third kappa shape index (κ3) is 3.69. The highest BCUT2D eigenvalue weighted by atomic mass is 19.1. The van der Waals surface area contributed by atoms with E-state index < -0.39 is 11.4 Å². The Morgan fingerprint density at radius 2 is 2.19 bits per heavy atom. The molecule has 0 atom stereocenters. The lowest BCUT2D eigenvalue weighted by Crippen LogP contribution is -2.42.